The third kappa shape index (κ3) is 3.90. The predicted octanol–water partition coefficient (Wildman–Crippen LogP) is 4.99. The van der Waals surface area contributed by atoms with Crippen LogP contribution in [0.15, 0.2) is 102 Å². The largest absolute Gasteiger partial charge is 0.481 e. The second-order valence-corrected chi connectivity index (χ2v) is 7.40. The first-order valence-corrected chi connectivity index (χ1v) is 10.3. The Bertz CT molecular complexity index is 1230. The van der Waals surface area contributed by atoms with Crippen molar-refractivity contribution in [2.45, 2.75) is 12.5 Å². The standard InChI is InChI=1S/C26H21N3O2/c30-25(18-31-24-15-7-13-21-14-8-16-27-26(21)24)29-23(20-11-5-2-6-12-20)17-22(28-29)19-9-3-1-4-10-19/h1-16,23H,17-18H2. The predicted molar refractivity (Wildman–Crippen MR) is 121 cm³/mol. The molecule has 0 fully saturated rings. The lowest BCUT2D eigenvalue weighted by Gasteiger charge is -2.22. The maximum atomic E-state index is 13.2. The summed E-state index contributed by atoms with van der Waals surface area (Å²) in [5, 5.41) is 7.23. The molecule has 0 saturated carbocycles. The average molecular weight is 407 g/mol. The number of hydrogen-bond acceptors (Lipinski definition) is 4. The molecule has 1 aliphatic heterocycles. The molecule has 5 rings (SSSR count). The number of hydrazone groups is 1. The van der Waals surface area contributed by atoms with Gasteiger partial charge in [-0.3, -0.25) is 9.78 Å². The van der Waals surface area contributed by atoms with E-state index in [-0.39, 0.29) is 18.6 Å². The minimum absolute atomic E-state index is 0.107. The number of aromatic nitrogens is 1. The second kappa shape index (κ2) is 8.40. The van der Waals surface area contributed by atoms with Gasteiger partial charge in [0.1, 0.15) is 11.3 Å². The van der Waals surface area contributed by atoms with E-state index in [0.717, 1.165) is 27.7 Å². The fourth-order valence-electron chi connectivity index (χ4n) is 3.88. The summed E-state index contributed by atoms with van der Waals surface area (Å²) < 4.78 is 5.90. The maximum Gasteiger partial charge on any atom is 0.281 e. The van der Waals surface area contributed by atoms with Crippen LogP contribution >= 0.6 is 0 Å². The lowest BCUT2D eigenvalue weighted by atomic mass is 9.98. The van der Waals surface area contributed by atoms with E-state index in [0.29, 0.717) is 12.2 Å². The molecule has 1 atom stereocenters. The van der Waals surface area contributed by atoms with Crippen molar-refractivity contribution in [2.75, 3.05) is 6.61 Å². The molecule has 4 aromatic rings. The highest BCUT2D eigenvalue weighted by Gasteiger charge is 2.33. The SMILES string of the molecule is O=C(COc1cccc2cccnc12)N1N=C(c2ccccc2)CC1c1ccccc1. The molecule has 2 heterocycles. The van der Waals surface area contributed by atoms with Gasteiger partial charge in [-0.25, -0.2) is 5.01 Å². The number of amides is 1. The van der Waals surface area contributed by atoms with Gasteiger partial charge in [0.15, 0.2) is 6.61 Å². The molecule has 1 aromatic heterocycles. The molecule has 5 nitrogen and oxygen atoms in total. The molecular weight excluding hydrogens is 386 g/mol. The van der Waals surface area contributed by atoms with Crippen LogP contribution in [-0.2, 0) is 4.79 Å². The van der Waals surface area contributed by atoms with Crippen molar-refractivity contribution in [3.05, 3.63) is 108 Å². The van der Waals surface area contributed by atoms with Crippen LogP contribution in [0, 0.1) is 0 Å². The van der Waals surface area contributed by atoms with Crippen molar-refractivity contribution in [1.29, 1.82) is 0 Å². The van der Waals surface area contributed by atoms with Gasteiger partial charge < -0.3 is 4.74 Å². The normalized spacial score (nSPS) is 15.7. The lowest BCUT2D eigenvalue weighted by Crippen LogP contribution is -2.31. The summed E-state index contributed by atoms with van der Waals surface area (Å²) in [5.41, 5.74) is 3.72. The molecule has 5 heteroatoms. The number of nitrogens with zero attached hydrogens (tertiary/aromatic N) is 3. The number of benzene rings is 3. The Kier molecular flexibility index (Phi) is 5.15. The molecule has 0 N–H and O–H groups in total. The second-order valence-electron chi connectivity index (χ2n) is 7.40. The summed E-state index contributed by atoms with van der Waals surface area (Å²) in [6.45, 7) is -0.107. The fourth-order valence-corrected chi connectivity index (χ4v) is 3.88. The molecular formula is C26H21N3O2. The summed E-state index contributed by atoms with van der Waals surface area (Å²) in [6, 6.07) is 29.4. The molecule has 1 aliphatic rings. The minimum atomic E-state index is -0.187. The highest BCUT2D eigenvalue weighted by Crippen LogP contribution is 2.33. The van der Waals surface area contributed by atoms with Crippen molar-refractivity contribution in [3.63, 3.8) is 0 Å². The molecule has 3 aromatic carbocycles. The summed E-state index contributed by atoms with van der Waals surface area (Å²) in [5.74, 6) is 0.405. The Hall–Kier alpha value is -3.99. The molecule has 1 amide bonds. The van der Waals surface area contributed by atoms with Crippen LogP contribution in [0.25, 0.3) is 10.9 Å². The average Bonchev–Trinajstić information content (AvgIpc) is 3.29. The number of rotatable bonds is 5. The quantitative estimate of drug-likeness (QED) is 0.468. The first-order valence-electron chi connectivity index (χ1n) is 10.3. The van der Waals surface area contributed by atoms with Gasteiger partial charge in [0.05, 0.1) is 11.8 Å². The van der Waals surface area contributed by atoms with Crippen molar-refractivity contribution >= 4 is 22.5 Å². The van der Waals surface area contributed by atoms with E-state index < -0.39 is 0 Å². The zero-order valence-corrected chi connectivity index (χ0v) is 16.9. The van der Waals surface area contributed by atoms with Gasteiger partial charge in [0, 0.05) is 18.0 Å². The van der Waals surface area contributed by atoms with E-state index in [2.05, 4.69) is 4.98 Å². The first-order chi connectivity index (χ1) is 15.3. The van der Waals surface area contributed by atoms with Crippen LogP contribution < -0.4 is 4.74 Å². The lowest BCUT2D eigenvalue weighted by molar-refractivity contribution is -0.135. The first kappa shape index (κ1) is 19.0. The smallest absolute Gasteiger partial charge is 0.281 e. The molecule has 0 spiro atoms. The van der Waals surface area contributed by atoms with E-state index in [1.165, 1.54) is 0 Å². The Morgan fingerprint density at radius 2 is 1.65 bits per heavy atom. The number of para-hydroxylation sites is 1. The Balaban J connectivity index is 1.41. The Labute approximate surface area is 180 Å². The summed E-state index contributed by atoms with van der Waals surface area (Å²) >= 11 is 0. The fraction of sp³-hybridized carbons (Fsp3) is 0.115. The van der Waals surface area contributed by atoms with Crippen molar-refractivity contribution < 1.29 is 9.53 Å². The third-order valence-corrected chi connectivity index (χ3v) is 5.40. The van der Waals surface area contributed by atoms with Gasteiger partial charge in [-0.05, 0) is 23.3 Å². The van der Waals surface area contributed by atoms with Gasteiger partial charge in [0.25, 0.3) is 5.91 Å². The summed E-state index contributed by atoms with van der Waals surface area (Å²) in [7, 11) is 0. The summed E-state index contributed by atoms with van der Waals surface area (Å²) in [6.07, 6.45) is 2.38. The Morgan fingerprint density at radius 3 is 2.45 bits per heavy atom. The highest BCUT2D eigenvalue weighted by molar-refractivity contribution is 6.03. The molecule has 0 radical (unpaired) electrons. The molecule has 152 valence electrons. The molecule has 1 unspecified atom stereocenters. The van der Waals surface area contributed by atoms with E-state index in [4.69, 9.17) is 9.84 Å². The highest BCUT2D eigenvalue weighted by atomic mass is 16.5. The van der Waals surface area contributed by atoms with Crippen LogP contribution in [0.2, 0.25) is 0 Å². The molecule has 0 aliphatic carbocycles. The van der Waals surface area contributed by atoms with Crippen LogP contribution in [0.1, 0.15) is 23.6 Å². The summed E-state index contributed by atoms with van der Waals surface area (Å²) in [4.78, 5) is 17.6. The van der Waals surface area contributed by atoms with E-state index in [1.54, 1.807) is 11.2 Å². The number of hydrogen-bond donors (Lipinski definition) is 0. The zero-order valence-electron chi connectivity index (χ0n) is 16.9. The molecule has 31 heavy (non-hydrogen) atoms. The van der Waals surface area contributed by atoms with E-state index in [9.17, 15) is 4.79 Å². The van der Waals surface area contributed by atoms with Crippen molar-refractivity contribution in [2.24, 2.45) is 5.10 Å². The molecule has 0 bridgehead atoms. The van der Waals surface area contributed by atoms with Gasteiger partial charge in [-0.15, -0.1) is 0 Å². The number of carbonyl (C=O) groups is 1. The monoisotopic (exact) mass is 407 g/mol. The number of carbonyl (C=O) groups excluding carboxylic acids is 1. The third-order valence-electron chi connectivity index (χ3n) is 5.40. The van der Waals surface area contributed by atoms with Crippen LogP contribution in [0.4, 0.5) is 0 Å². The maximum absolute atomic E-state index is 13.2. The zero-order chi connectivity index (χ0) is 21.0. The van der Waals surface area contributed by atoms with Crippen LogP contribution in [0.3, 0.4) is 0 Å². The minimum Gasteiger partial charge on any atom is -0.481 e. The number of fused-ring (bicyclic) bond motifs is 1. The van der Waals surface area contributed by atoms with Gasteiger partial charge >= 0.3 is 0 Å². The van der Waals surface area contributed by atoms with E-state index in [1.807, 2.05) is 91.0 Å². The van der Waals surface area contributed by atoms with Gasteiger partial charge in [-0.1, -0.05) is 78.9 Å². The van der Waals surface area contributed by atoms with E-state index >= 15 is 0 Å². The van der Waals surface area contributed by atoms with Crippen molar-refractivity contribution in [3.8, 4) is 5.75 Å². The van der Waals surface area contributed by atoms with Gasteiger partial charge in [-0.2, -0.15) is 5.10 Å². The Morgan fingerprint density at radius 1 is 0.903 bits per heavy atom. The molecule has 0 saturated heterocycles. The number of ether oxygens (including phenoxy) is 1. The topological polar surface area (TPSA) is 54.8 Å². The van der Waals surface area contributed by atoms with Crippen LogP contribution in [0.5, 0.6) is 5.75 Å². The number of pyridine rings is 1. The van der Waals surface area contributed by atoms with Crippen LogP contribution in [-0.4, -0.2) is 28.2 Å². The van der Waals surface area contributed by atoms with Crippen molar-refractivity contribution in [1.82, 2.24) is 9.99 Å². The van der Waals surface area contributed by atoms with Gasteiger partial charge in [0.2, 0.25) is 0 Å².